The van der Waals surface area contributed by atoms with Crippen LogP contribution < -0.4 is 24.1 Å². The topological polar surface area (TPSA) is 63.6 Å². The highest BCUT2D eigenvalue weighted by Crippen LogP contribution is 2.42. The number of carbonyl (C=O) groups excluding carboxylic acids is 1. The van der Waals surface area contributed by atoms with E-state index in [1.54, 1.807) is 19.2 Å². The molecule has 0 amide bonds. The Balaban J connectivity index is 1.55. The van der Waals surface area contributed by atoms with Crippen LogP contribution in [0.2, 0.25) is 10.0 Å². The van der Waals surface area contributed by atoms with Crippen molar-refractivity contribution in [3.05, 3.63) is 112 Å². The molecule has 42 heavy (non-hydrogen) atoms. The van der Waals surface area contributed by atoms with Gasteiger partial charge in [0.05, 0.1) is 19.4 Å². The summed E-state index contributed by atoms with van der Waals surface area (Å²) in [5.74, 6) is 1.99. The molecule has 0 aromatic heterocycles. The molecule has 0 saturated heterocycles. The van der Waals surface area contributed by atoms with Gasteiger partial charge in [0.1, 0.15) is 12.4 Å². The number of carbonyl (C=O) groups is 1. The van der Waals surface area contributed by atoms with Crippen molar-refractivity contribution in [3.63, 3.8) is 0 Å². The highest BCUT2D eigenvalue weighted by molar-refractivity contribution is 6.44. The third kappa shape index (κ3) is 6.17. The fraction of sp³-hybridized carbons (Fsp3) is 0.212. The molecule has 0 bridgehead atoms. The fourth-order valence-corrected chi connectivity index (χ4v) is 5.21. The van der Waals surface area contributed by atoms with Crippen LogP contribution in [0.5, 0.6) is 17.2 Å². The van der Waals surface area contributed by atoms with Crippen LogP contribution in [0.1, 0.15) is 36.7 Å². The summed E-state index contributed by atoms with van der Waals surface area (Å²) in [6.07, 6.45) is -0.488. The minimum Gasteiger partial charge on any atom is -0.494 e. The largest absolute Gasteiger partial charge is 0.494 e. The van der Waals surface area contributed by atoms with E-state index < -0.39 is 6.17 Å². The molecule has 0 fully saturated rings. The molecule has 0 saturated carbocycles. The van der Waals surface area contributed by atoms with Crippen molar-refractivity contribution in [2.75, 3.05) is 23.6 Å². The van der Waals surface area contributed by atoms with Gasteiger partial charge in [-0.05, 0) is 74.5 Å². The maximum Gasteiger partial charge on any atom is 0.198 e. The molecule has 1 unspecified atom stereocenters. The second kappa shape index (κ2) is 12.8. The van der Waals surface area contributed by atoms with E-state index >= 15 is 0 Å². The van der Waals surface area contributed by atoms with Crippen molar-refractivity contribution >= 4 is 46.2 Å². The van der Waals surface area contributed by atoms with Crippen LogP contribution in [0.25, 0.3) is 0 Å². The molecule has 216 valence electrons. The predicted molar refractivity (Wildman–Crippen MR) is 168 cm³/mol. The van der Waals surface area contributed by atoms with Crippen LogP contribution in [0.4, 0.5) is 11.4 Å². The third-order valence-corrected chi connectivity index (χ3v) is 7.42. The normalized spacial score (nSPS) is 14.5. The van der Waals surface area contributed by atoms with Gasteiger partial charge in [-0.15, -0.1) is 5.10 Å². The van der Waals surface area contributed by atoms with Crippen molar-refractivity contribution < 1.29 is 19.0 Å². The van der Waals surface area contributed by atoms with E-state index in [0.717, 1.165) is 33.8 Å². The molecule has 4 aromatic rings. The zero-order valence-electron chi connectivity index (χ0n) is 23.8. The van der Waals surface area contributed by atoms with E-state index in [1.807, 2.05) is 96.6 Å². The molecule has 0 radical (unpaired) electrons. The lowest BCUT2D eigenvalue weighted by Crippen LogP contribution is -2.37. The number of methoxy groups -OCH3 is 1. The van der Waals surface area contributed by atoms with Gasteiger partial charge in [-0.1, -0.05) is 53.0 Å². The molecule has 7 nitrogen and oxygen atoms in total. The second-order valence-electron chi connectivity index (χ2n) is 9.77. The van der Waals surface area contributed by atoms with E-state index in [4.69, 9.17) is 42.5 Å². The lowest BCUT2D eigenvalue weighted by Gasteiger charge is -2.32. The Morgan fingerprint density at radius 3 is 2.24 bits per heavy atom. The smallest absolute Gasteiger partial charge is 0.198 e. The number of ketones is 1. The minimum atomic E-state index is -0.488. The number of benzene rings is 4. The summed E-state index contributed by atoms with van der Waals surface area (Å²) < 4.78 is 17.5. The number of halogens is 2. The Bertz CT molecular complexity index is 1610. The third-order valence-electron chi connectivity index (χ3n) is 6.83. The number of anilines is 2. The molecule has 0 aliphatic carbocycles. The summed E-state index contributed by atoms with van der Waals surface area (Å²) >= 11 is 12.4. The number of Topliss-reactive ketones (excluding diaryl/α,β-unsaturated/α-hetero) is 1. The number of ether oxygens (including phenoxy) is 3. The Morgan fingerprint density at radius 1 is 0.881 bits per heavy atom. The predicted octanol–water partition coefficient (Wildman–Crippen LogP) is 8.22. The van der Waals surface area contributed by atoms with Gasteiger partial charge < -0.3 is 14.2 Å². The first-order valence-electron chi connectivity index (χ1n) is 13.5. The molecule has 0 spiro atoms. The quantitative estimate of drug-likeness (QED) is 0.182. The summed E-state index contributed by atoms with van der Waals surface area (Å²) in [7, 11) is 1.59. The SMILES string of the molecule is CCOc1ccc(N2C(C(C)=O)=NN(c3ccc(C)cc3)C2c2ccc(OCc3ccc(Cl)cc3Cl)c(OC)c2)cc1. The van der Waals surface area contributed by atoms with Crippen LogP contribution >= 0.6 is 23.2 Å². The standard InChI is InChI=1S/C33H31Cl2N3O4/c1-5-41-28-15-13-26(14-16-28)37-32(22(3)39)36-38(27-11-6-21(2)7-12-27)33(37)23-9-17-30(31(18-23)40-4)42-20-24-8-10-25(34)19-29(24)35/h6-19,33H,5,20H2,1-4H3. The summed E-state index contributed by atoms with van der Waals surface area (Å²) in [4.78, 5) is 14.9. The minimum absolute atomic E-state index is 0.157. The maximum atomic E-state index is 13.0. The number of hydrogen-bond donors (Lipinski definition) is 0. The van der Waals surface area contributed by atoms with Crippen molar-refractivity contribution in [1.82, 2.24) is 0 Å². The molecular formula is C33H31Cl2N3O4. The van der Waals surface area contributed by atoms with Gasteiger partial charge in [0.25, 0.3) is 0 Å². The first-order chi connectivity index (χ1) is 20.3. The van der Waals surface area contributed by atoms with Crippen LogP contribution in [0.15, 0.2) is 90.0 Å². The van der Waals surface area contributed by atoms with Crippen LogP contribution in [-0.4, -0.2) is 25.3 Å². The zero-order chi connectivity index (χ0) is 29.8. The number of hydrogen-bond acceptors (Lipinski definition) is 7. The fourth-order valence-electron chi connectivity index (χ4n) is 4.75. The molecule has 0 N–H and O–H groups in total. The van der Waals surface area contributed by atoms with Crippen LogP contribution in [0.3, 0.4) is 0 Å². The van der Waals surface area contributed by atoms with Gasteiger partial charge in [-0.25, -0.2) is 5.01 Å². The molecule has 9 heteroatoms. The summed E-state index contributed by atoms with van der Waals surface area (Å²) in [5.41, 5.74) is 4.41. The van der Waals surface area contributed by atoms with Gasteiger partial charge >= 0.3 is 0 Å². The van der Waals surface area contributed by atoms with E-state index in [9.17, 15) is 4.79 Å². The van der Waals surface area contributed by atoms with E-state index in [-0.39, 0.29) is 12.4 Å². The first-order valence-corrected chi connectivity index (χ1v) is 14.3. The highest BCUT2D eigenvalue weighted by atomic mass is 35.5. The zero-order valence-corrected chi connectivity index (χ0v) is 25.3. The Morgan fingerprint density at radius 2 is 1.60 bits per heavy atom. The second-order valence-corrected chi connectivity index (χ2v) is 10.6. The Hall–Kier alpha value is -4.20. The van der Waals surface area contributed by atoms with E-state index in [1.165, 1.54) is 6.92 Å². The molecular weight excluding hydrogens is 573 g/mol. The number of rotatable bonds is 10. The van der Waals surface area contributed by atoms with Gasteiger partial charge in [0, 0.05) is 33.8 Å². The summed E-state index contributed by atoms with van der Waals surface area (Å²) in [5, 5.41) is 7.77. The Labute approximate surface area is 255 Å². The maximum absolute atomic E-state index is 13.0. The number of hydrazone groups is 1. The molecule has 1 aliphatic rings. The van der Waals surface area contributed by atoms with Crippen molar-refractivity contribution in [1.29, 1.82) is 0 Å². The lowest BCUT2D eigenvalue weighted by molar-refractivity contribution is -0.111. The highest BCUT2D eigenvalue weighted by Gasteiger charge is 2.39. The van der Waals surface area contributed by atoms with Crippen LogP contribution in [-0.2, 0) is 11.4 Å². The first kappa shape index (κ1) is 29.3. The van der Waals surface area contributed by atoms with E-state index in [0.29, 0.717) is 34.0 Å². The summed E-state index contributed by atoms with van der Waals surface area (Å²) in [6, 6.07) is 26.7. The Kier molecular flexibility index (Phi) is 8.90. The van der Waals surface area contributed by atoms with Crippen molar-refractivity contribution in [3.8, 4) is 17.2 Å². The lowest BCUT2D eigenvalue weighted by atomic mass is 10.1. The van der Waals surface area contributed by atoms with Gasteiger partial charge in [0.15, 0.2) is 29.3 Å². The average Bonchev–Trinajstić information content (AvgIpc) is 3.39. The van der Waals surface area contributed by atoms with Crippen molar-refractivity contribution in [2.45, 2.75) is 33.5 Å². The van der Waals surface area contributed by atoms with Gasteiger partial charge in [-0.3, -0.25) is 9.69 Å². The van der Waals surface area contributed by atoms with Crippen LogP contribution in [0, 0.1) is 6.92 Å². The molecule has 5 rings (SSSR count). The molecule has 1 aliphatic heterocycles. The number of aryl methyl sites for hydroxylation is 1. The molecule has 4 aromatic carbocycles. The number of nitrogens with zero attached hydrogens (tertiary/aromatic N) is 3. The molecule has 1 heterocycles. The van der Waals surface area contributed by atoms with Gasteiger partial charge in [-0.2, -0.15) is 0 Å². The monoisotopic (exact) mass is 603 g/mol. The number of amidine groups is 1. The van der Waals surface area contributed by atoms with Crippen molar-refractivity contribution in [2.24, 2.45) is 5.10 Å². The van der Waals surface area contributed by atoms with Gasteiger partial charge in [0.2, 0.25) is 0 Å². The summed E-state index contributed by atoms with van der Waals surface area (Å²) in [6.45, 7) is 6.29. The average molecular weight is 605 g/mol. The molecule has 1 atom stereocenters. The van der Waals surface area contributed by atoms with E-state index in [2.05, 4.69) is 0 Å².